The molecule has 1 heterocycles. The van der Waals surface area contributed by atoms with Crippen molar-refractivity contribution >= 4 is 63.9 Å². The van der Waals surface area contributed by atoms with Crippen molar-refractivity contribution < 1.29 is 19.0 Å². The molecule has 26 heavy (non-hydrogen) atoms. The summed E-state index contributed by atoms with van der Waals surface area (Å²) < 4.78 is 15.9. The maximum absolute atomic E-state index is 12.0. The Bertz CT molecular complexity index is 845. The minimum absolute atomic E-state index is 0.00139. The van der Waals surface area contributed by atoms with Crippen LogP contribution in [-0.2, 0) is 11.3 Å². The van der Waals surface area contributed by atoms with Gasteiger partial charge in [-0.2, -0.15) is 0 Å². The molecule has 0 aliphatic carbocycles. The van der Waals surface area contributed by atoms with Crippen LogP contribution in [0.25, 0.3) is 0 Å². The number of nitrogens with one attached hydrogen (secondary N) is 1. The molecule has 0 atom stereocenters. The van der Waals surface area contributed by atoms with Crippen molar-refractivity contribution in [1.29, 1.82) is 0 Å². The summed E-state index contributed by atoms with van der Waals surface area (Å²) in [6.07, 6.45) is 0. The molecule has 10 heteroatoms. The normalized spacial score (nSPS) is 12.2. The largest absolute Gasteiger partial charge is 0.481 e. The molecule has 1 aliphatic heterocycles. The number of amides is 1. The van der Waals surface area contributed by atoms with Crippen molar-refractivity contribution in [1.82, 2.24) is 5.32 Å². The molecule has 0 saturated heterocycles. The third kappa shape index (κ3) is 4.02. The molecule has 0 fully saturated rings. The second kappa shape index (κ2) is 8.19. The Hall–Kier alpha value is -1.24. The molecular weight excluding hydrogens is 447 g/mol. The Kier molecular flexibility index (Phi) is 6.15. The summed E-state index contributed by atoms with van der Waals surface area (Å²) >= 11 is 29.9. The van der Waals surface area contributed by atoms with Gasteiger partial charge in [-0.05, 0) is 17.7 Å². The third-order valence-electron chi connectivity index (χ3n) is 3.44. The van der Waals surface area contributed by atoms with E-state index in [1.807, 2.05) is 6.07 Å². The zero-order valence-corrected chi connectivity index (χ0v) is 16.7. The van der Waals surface area contributed by atoms with Crippen molar-refractivity contribution in [2.45, 2.75) is 6.54 Å². The number of rotatable bonds is 5. The fourth-order valence-corrected chi connectivity index (χ4v) is 3.38. The van der Waals surface area contributed by atoms with Gasteiger partial charge in [0.2, 0.25) is 6.79 Å². The van der Waals surface area contributed by atoms with E-state index in [0.717, 1.165) is 5.56 Å². The Balaban J connectivity index is 1.60. The highest BCUT2D eigenvalue weighted by Crippen LogP contribution is 2.48. The molecule has 1 amide bonds. The highest BCUT2D eigenvalue weighted by Gasteiger charge is 2.21. The molecule has 0 radical (unpaired) electrons. The monoisotopic (exact) mass is 455 g/mol. The van der Waals surface area contributed by atoms with Crippen LogP contribution in [0.15, 0.2) is 18.2 Å². The fourth-order valence-electron chi connectivity index (χ4n) is 2.15. The fraction of sp³-hybridized carbons (Fsp3) is 0.188. The van der Waals surface area contributed by atoms with Gasteiger partial charge >= 0.3 is 0 Å². The molecule has 2 aromatic carbocycles. The summed E-state index contributed by atoms with van der Waals surface area (Å²) in [5.41, 5.74) is 0.844. The average Bonchev–Trinajstić information content (AvgIpc) is 3.11. The molecular formula is C16H10Cl5NO4. The van der Waals surface area contributed by atoms with Crippen LogP contribution < -0.4 is 19.5 Å². The maximum atomic E-state index is 12.0. The van der Waals surface area contributed by atoms with Crippen LogP contribution in [0.3, 0.4) is 0 Å². The first kappa shape index (κ1) is 19.5. The summed E-state index contributed by atoms with van der Waals surface area (Å²) in [5, 5.41) is 2.68. The first-order valence-corrected chi connectivity index (χ1v) is 9.07. The number of carbonyl (C=O) groups is 1. The van der Waals surface area contributed by atoms with E-state index in [0.29, 0.717) is 11.5 Å². The van der Waals surface area contributed by atoms with Gasteiger partial charge in [-0.1, -0.05) is 64.1 Å². The van der Waals surface area contributed by atoms with Gasteiger partial charge in [-0.15, -0.1) is 0 Å². The molecule has 2 aromatic rings. The SMILES string of the molecule is O=C(COc1c(Cl)c(Cl)c(Cl)c(Cl)c1Cl)NCc1ccc2c(c1)OCO2. The molecule has 138 valence electrons. The highest BCUT2D eigenvalue weighted by atomic mass is 35.5. The molecule has 1 N–H and O–H groups in total. The zero-order valence-electron chi connectivity index (χ0n) is 12.9. The predicted octanol–water partition coefficient (Wildman–Crippen LogP) is 5.38. The third-order valence-corrected chi connectivity index (χ3v) is 5.69. The molecule has 0 bridgehead atoms. The van der Waals surface area contributed by atoms with Gasteiger partial charge in [0.15, 0.2) is 23.9 Å². The van der Waals surface area contributed by atoms with E-state index in [2.05, 4.69) is 5.32 Å². The summed E-state index contributed by atoms with van der Waals surface area (Å²) in [7, 11) is 0. The molecule has 5 nitrogen and oxygen atoms in total. The Morgan fingerprint density at radius 1 is 0.962 bits per heavy atom. The minimum Gasteiger partial charge on any atom is -0.481 e. The number of benzene rings is 2. The summed E-state index contributed by atoms with van der Waals surface area (Å²) in [6.45, 7) is 0.132. The van der Waals surface area contributed by atoms with Crippen LogP contribution in [0.1, 0.15) is 5.56 Å². The lowest BCUT2D eigenvalue weighted by atomic mass is 10.2. The van der Waals surface area contributed by atoms with Gasteiger partial charge in [-0.3, -0.25) is 4.79 Å². The second-order valence-corrected chi connectivity index (χ2v) is 7.04. The van der Waals surface area contributed by atoms with Gasteiger partial charge in [0.25, 0.3) is 5.91 Å². The number of halogens is 5. The van der Waals surface area contributed by atoms with E-state index in [4.69, 9.17) is 72.2 Å². The molecule has 0 aromatic heterocycles. The number of ether oxygens (including phenoxy) is 3. The van der Waals surface area contributed by atoms with Crippen LogP contribution in [0.2, 0.25) is 25.1 Å². The van der Waals surface area contributed by atoms with E-state index >= 15 is 0 Å². The number of fused-ring (bicyclic) bond motifs is 1. The smallest absolute Gasteiger partial charge is 0.258 e. The first-order valence-electron chi connectivity index (χ1n) is 7.18. The highest BCUT2D eigenvalue weighted by molar-refractivity contribution is 6.55. The predicted molar refractivity (Wildman–Crippen MR) is 101 cm³/mol. The van der Waals surface area contributed by atoms with Crippen molar-refractivity contribution in [3.8, 4) is 17.2 Å². The van der Waals surface area contributed by atoms with Crippen molar-refractivity contribution in [3.05, 3.63) is 48.9 Å². The molecule has 3 rings (SSSR count). The van der Waals surface area contributed by atoms with Crippen molar-refractivity contribution in [2.75, 3.05) is 13.4 Å². The Labute approximate surface area is 174 Å². The van der Waals surface area contributed by atoms with Gasteiger partial charge < -0.3 is 19.5 Å². The quantitative estimate of drug-likeness (QED) is 0.484. The van der Waals surface area contributed by atoms with Gasteiger partial charge in [0.05, 0.1) is 15.1 Å². The van der Waals surface area contributed by atoms with Crippen LogP contribution in [0.4, 0.5) is 0 Å². The van der Waals surface area contributed by atoms with Crippen LogP contribution in [0, 0.1) is 0 Å². The minimum atomic E-state index is -0.392. The van der Waals surface area contributed by atoms with E-state index in [9.17, 15) is 4.79 Å². The number of hydrogen-bond acceptors (Lipinski definition) is 4. The topological polar surface area (TPSA) is 56.8 Å². The summed E-state index contributed by atoms with van der Waals surface area (Å²) in [5.74, 6) is 0.907. The van der Waals surface area contributed by atoms with Gasteiger partial charge in [0, 0.05) is 6.54 Å². The Morgan fingerprint density at radius 2 is 1.58 bits per heavy atom. The lowest BCUT2D eigenvalue weighted by molar-refractivity contribution is -0.123. The van der Waals surface area contributed by atoms with Gasteiger partial charge in [0.1, 0.15) is 10.0 Å². The number of hydrogen-bond donors (Lipinski definition) is 1. The number of carbonyl (C=O) groups excluding carboxylic acids is 1. The lowest BCUT2D eigenvalue weighted by Crippen LogP contribution is -2.28. The van der Waals surface area contributed by atoms with Crippen LogP contribution >= 0.6 is 58.0 Å². The van der Waals surface area contributed by atoms with Crippen LogP contribution in [-0.4, -0.2) is 19.3 Å². The molecule has 0 unspecified atom stereocenters. The van der Waals surface area contributed by atoms with E-state index in [1.54, 1.807) is 12.1 Å². The first-order chi connectivity index (χ1) is 12.4. The van der Waals surface area contributed by atoms with E-state index in [1.165, 1.54) is 0 Å². The molecule has 0 saturated carbocycles. The van der Waals surface area contributed by atoms with Gasteiger partial charge in [-0.25, -0.2) is 0 Å². The standard InChI is InChI=1S/C16H10Cl5NO4/c17-11-12(18)14(20)16(15(21)13(11)19)24-5-10(23)22-4-7-1-2-8-9(3-7)26-6-25-8/h1-3H,4-6H2,(H,22,23). The average molecular weight is 458 g/mol. The lowest BCUT2D eigenvalue weighted by Gasteiger charge is -2.13. The summed E-state index contributed by atoms with van der Waals surface area (Å²) in [6, 6.07) is 5.38. The zero-order chi connectivity index (χ0) is 18.8. The van der Waals surface area contributed by atoms with E-state index in [-0.39, 0.29) is 50.8 Å². The van der Waals surface area contributed by atoms with Crippen molar-refractivity contribution in [2.24, 2.45) is 0 Å². The Morgan fingerprint density at radius 3 is 2.27 bits per heavy atom. The van der Waals surface area contributed by atoms with Crippen LogP contribution in [0.5, 0.6) is 17.2 Å². The van der Waals surface area contributed by atoms with E-state index < -0.39 is 5.91 Å². The second-order valence-electron chi connectivity index (χ2n) is 5.15. The van der Waals surface area contributed by atoms with Crippen molar-refractivity contribution in [3.63, 3.8) is 0 Å². The maximum Gasteiger partial charge on any atom is 0.258 e. The molecule has 0 spiro atoms. The molecule has 1 aliphatic rings. The summed E-state index contributed by atoms with van der Waals surface area (Å²) in [4.78, 5) is 12.0.